The highest BCUT2D eigenvalue weighted by molar-refractivity contribution is 8.01. The van der Waals surface area contributed by atoms with E-state index in [0.717, 1.165) is 9.90 Å². The van der Waals surface area contributed by atoms with Gasteiger partial charge >= 0.3 is 0 Å². The normalized spacial score (nSPS) is 12.0. The van der Waals surface area contributed by atoms with E-state index in [1.165, 1.54) is 35.2 Å². The number of rotatable bonds is 9. The smallest absolute Gasteiger partial charge is 0.230 e. The van der Waals surface area contributed by atoms with E-state index < -0.39 is 0 Å². The maximum absolute atomic E-state index is 12.9. The lowest BCUT2D eigenvalue weighted by Crippen LogP contribution is -2.28. The summed E-state index contributed by atoms with van der Waals surface area (Å²) in [4.78, 5) is 12.0. The Morgan fingerprint density at radius 1 is 1.38 bits per heavy atom. The van der Waals surface area contributed by atoms with Gasteiger partial charge in [-0.15, -0.1) is 10.2 Å². The lowest BCUT2D eigenvalue weighted by molar-refractivity contribution is -0.119. The van der Waals surface area contributed by atoms with Crippen molar-refractivity contribution in [3.05, 3.63) is 35.6 Å². The van der Waals surface area contributed by atoms with Crippen LogP contribution in [0, 0.1) is 5.82 Å². The van der Waals surface area contributed by atoms with Crippen LogP contribution in [0.4, 0.5) is 9.52 Å². The van der Waals surface area contributed by atoms with Crippen LogP contribution in [0.25, 0.3) is 0 Å². The number of halogens is 1. The van der Waals surface area contributed by atoms with Crippen molar-refractivity contribution < 1.29 is 13.9 Å². The Kier molecular flexibility index (Phi) is 7.41. The van der Waals surface area contributed by atoms with Gasteiger partial charge in [0.15, 0.2) is 4.34 Å². The number of nitrogens with zero attached hydrogens (tertiary/aromatic N) is 2. The molecule has 0 saturated carbocycles. The molecule has 0 bridgehead atoms. The van der Waals surface area contributed by atoms with Crippen molar-refractivity contribution in [1.82, 2.24) is 15.5 Å². The molecule has 1 aromatic carbocycles. The SMILES string of the molecule is COCCNc1nnc(SCC(=O)NC(C)c2ccc(F)cc2)s1. The van der Waals surface area contributed by atoms with Crippen molar-refractivity contribution in [2.24, 2.45) is 0 Å². The summed E-state index contributed by atoms with van der Waals surface area (Å²) in [7, 11) is 1.63. The molecule has 6 nitrogen and oxygen atoms in total. The summed E-state index contributed by atoms with van der Waals surface area (Å²) in [6.45, 7) is 3.11. The van der Waals surface area contributed by atoms with Gasteiger partial charge < -0.3 is 15.4 Å². The minimum atomic E-state index is -0.293. The van der Waals surface area contributed by atoms with E-state index in [2.05, 4.69) is 20.8 Å². The maximum atomic E-state index is 12.9. The fraction of sp³-hybridized carbons (Fsp3) is 0.400. The van der Waals surface area contributed by atoms with Crippen molar-refractivity contribution >= 4 is 34.1 Å². The zero-order valence-electron chi connectivity index (χ0n) is 13.4. The standard InChI is InChI=1S/C15H19FN4O2S2/c1-10(11-3-5-12(16)6-4-11)18-13(21)9-23-15-20-19-14(24-15)17-7-8-22-2/h3-6,10H,7-9H2,1-2H3,(H,17,19)(H,18,21). The van der Waals surface area contributed by atoms with Crippen molar-refractivity contribution in [2.45, 2.75) is 17.3 Å². The first-order chi connectivity index (χ1) is 11.6. The van der Waals surface area contributed by atoms with Gasteiger partial charge in [0.2, 0.25) is 11.0 Å². The monoisotopic (exact) mass is 370 g/mol. The number of hydrogen-bond donors (Lipinski definition) is 2. The number of hydrogen-bond acceptors (Lipinski definition) is 7. The molecular weight excluding hydrogens is 351 g/mol. The molecule has 0 fully saturated rings. The number of thioether (sulfide) groups is 1. The second-order valence-electron chi connectivity index (χ2n) is 4.92. The average Bonchev–Trinajstić information content (AvgIpc) is 3.02. The first-order valence-electron chi connectivity index (χ1n) is 7.32. The quantitative estimate of drug-likeness (QED) is 0.522. The molecule has 2 N–H and O–H groups in total. The molecule has 130 valence electrons. The molecule has 1 unspecified atom stereocenters. The van der Waals surface area contributed by atoms with Crippen molar-refractivity contribution in [1.29, 1.82) is 0 Å². The van der Waals surface area contributed by atoms with Gasteiger partial charge in [-0.3, -0.25) is 4.79 Å². The third kappa shape index (κ3) is 6.06. The number of amides is 1. The molecule has 24 heavy (non-hydrogen) atoms. The van der Waals surface area contributed by atoms with Gasteiger partial charge in [-0.25, -0.2) is 4.39 Å². The Bertz CT molecular complexity index is 651. The van der Waals surface area contributed by atoms with E-state index in [1.54, 1.807) is 19.2 Å². The molecule has 1 heterocycles. The number of benzene rings is 1. The third-order valence-corrected chi connectivity index (χ3v) is 5.08. The first-order valence-corrected chi connectivity index (χ1v) is 9.12. The minimum Gasteiger partial charge on any atom is -0.383 e. The topological polar surface area (TPSA) is 76.1 Å². The molecular formula is C15H19FN4O2S2. The van der Waals surface area contributed by atoms with Crippen LogP contribution >= 0.6 is 23.1 Å². The number of carbonyl (C=O) groups is 1. The highest BCUT2D eigenvalue weighted by Crippen LogP contribution is 2.25. The molecule has 0 radical (unpaired) electrons. The summed E-state index contributed by atoms with van der Waals surface area (Å²) in [6, 6.07) is 5.91. The molecule has 1 amide bonds. The van der Waals surface area contributed by atoms with E-state index in [4.69, 9.17) is 4.74 Å². The van der Waals surface area contributed by atoms with Crippen LogP contribution in [0.15, 0.2) is 28.6 Å². The number of nitrogens with one attached hydrogen (secondary N) is 2. The van der Waals surface area contributed by atoms with Gasteiger partial charge in [0.1, 0.15) is 5.82 Å². The van der Waals surface area contributed by atoms with E-state index in [9.17, 15) is 9.18 Å². The van der Waals surface area contributed by atoms with Crippen LogP contribution < -0.4 is 10.6 Å². The van der Waals surface area contributed by atoms with Crippen molar-refractivity contribution in [3.8, 4) is 0 Å². The third-order valence-electron chi connectivity index (χ3n) is 3.06. The second-order valence-corrected chi connectivity index (χ2v) is 7.12. The number of ether oxygens (including phenoxy) is 1. The van der Waals surface area contributed by atoms with E-state index in [0.29, 0.717) is 18.3 Å². The Labute approximate surface area is 148 Å². The predicted octanol–water partition coefficient (Wildman–Crippen LogP) is 2.71. The summed E-state index contributed by atoms with van der Waals surface area (Å²) in [5.41, 5.74) is 0.857. The average molecular weight is 370 g/mol. The zero-order chi connectivity index (χ0) is 17.4. The largest absolute Gasteiger partial charge is 0.383 e. The molecule has 2 rings (SSSR count). The number of carbonyl (C=O) groups excluding carboxylic acids is 1. The molecule has 0 spiro atoms. The fourth-order valence-corrected chi connectivity index (χ4v) is 3.43. The molecule has 1 atom stereocenters. The van der Waals surface area contributed by atoms with Crippen molar-refractivity contribution in [3.63, 3.8) is 0 Å². The van der Waals surface area contributed by atoms with Gasteiger partial charge in [-0.1, -0.05) is 35.2 Å². The van der Waals surface area contributed by atoms with Crippen LogP contribution in [-0.4, -0.2) is 42.1 Å². The van der Waals surface area contributed by atoms with Gasteiger partial charge in [0, 0.05) is 13.7 Å². The maximum Gasteiger partial charge on any atom is 0.230 e. The molecule has 0 aliphatic rings. The Hall–Kier alpha value is -1.71. The number of methoxy groups -OCH3 is 1. The summed E-state index contributed by atoms with van der Waals surface area (Å²) < 4.78 is 18.6. The fourth-order valence-electron chi connectivity index (χ4n) is 1.84. The molecule has 0 saturated heterocycles. The highest BCUT2D eigenvalue weighted by Gasteiger charge is 2.12. The van der Waals surface area contributed by atoms with Gasteiger partial charge in [0.05, 0.1) is 18.4 Å². The van der Waals surface area contributed by atoms with Crippen LogP contribution in [-0.2, 0) is 9.53 Å². The molecule has 9 heteroatoms. The molecule has 1 aromatic heterocycles. The lowest BCUT2D eigenvalue weighted by atomic mass is 10.1. The van der Waals surface area contributed by atoms with Gasteiger partial charge in [-0.05, 0) is 24.6 Å². The summed E-state index contributed by atoms with van der Waals surface area (Å²) in [6.07, 6.45) is 0. The van der Waals surface area contributed by atoms with E-state index in [1.807, 2.05) is 6.92 Å². The second kappa shape index (κ2) is 9.55. The lowest BCUT2D eigenvalue weighted by Gasteiger charge is -2.13. The van der Waals surface area contributed by atoms with Gasteiger partial charge in [-0.2, -0.15) is 0 Å². The van der Waals surface area contributed by atoms with Crippen molar-refractivity contribution in [2.75, 3.05) is 31.3 Å². The predicted molar refractivity (Wildman–Crippen MR) is 94.0 cm³/mol. The molecule has 2 aromatic rings. The van der Waals surface area contributed by atoms with Crippen LogP contribution in [0.2, 0.25) is 0 Å². The molecule has 0 aliphatic heterocycles. The van der Waals surface area contributed by atoms with Crippen LogP contribution in [0.1, 0.15) is 18.5 Å². The highest BCUT2D eigenvalue weighted by atomic mass is 32.2. The summed E-state index contributed by atoms with van der Waals surface area (Å²) in [5, 5.41) is 14.7. The first kappa shape index (κ1) is 18.6. The minimum absolute atomic E-state index is 0.110. The van der Waals surface area contributed by atoms with Crippen LogP contribution in [0.5, 0.6) is 0 Å². The van der Waals surface area contributed by atoms with Gasteiger partial charge in [0.25, 0.3) is 0 Å². The Morgan fingerprint density at radius 3 is 2.83 bits per heavy atom. The Morgan fingerprint density at radius 2 is 2.12 bits per heavy atom. The van der Waals surface area contributed by atoms with E-state index >= 15 is 0 Å². The molecule has 0 aliphatic carbocycles. The zero-order valence-corrected chi connectivity index (χ0v) is 15.0. The summed E-state index contributed by atoms with van der Waals surface area (Å²) in [5.74, 6) is -0.155. The van der Waals surface area contributed by atoms with Crippen LogP contribution in [0.3, 0.4) is 0 Å². The van der Waals surface area contributed by atoms with E-state index in [-0.39, 0.29) is 23.5 Å². The summed E-state index contributed by atoms with van der Waals surface area (Å²) >= 11 is 2.72. The number of aromatic nitrogens is 2. The number of anilines is 1. The Balaban J connectivity index is 1.75.